The van der Waals surface area contributed by atoms with E-state index in [1.807, 2.05) is 30.3 Å². The monoisotopic (exact) mass is 491 g/mol. The number of rotatable bonds is 6. The highest BCUT2D eigenvalue weighted by Gasteiger charge is 2.31. The summed E-state index contributed by atoms with van der Waals surface area (Å²) >= 11 is 5.81. The lowest BCUT2D eigenvalue weighted by Crippen LogP contribution is -2.16. The minimum atomic E-state index is -4.64. The second-order valence-electron chi connectivity index (χ2n) is 7.24. The van der Waals surface area contributed by atoms with Gasteiger partial charge in [-0.25, -0.2) is 8.42 Å². The minimum Gasteiger partial charge on any atom is -0.279 e. The Balaban J connectivity index is 1.74. The van der Waals surface area contributed by atoms with Crippen molar-refractivity contribution in [3.8, 4) is 11.3 Å². The van der Waals surface area contributed by atoms with Gasteiger partial charge in [0.1, 0.15) is 0 Å². The van der Waals surface area contributed by atoms with Crippen LogP contribution in [0, 0.1) is 0 Å². The molecule has 0 bridgehead atoms. The number of benzene rings is 3. The van der Waals surface area contributed by atoms with Crippen LogP contribution in [0.5, 0.6) is 0 Å². The molecule has 1 aromatic heterocycles. The molecule has 33 heavy (non-hydrogen) atoms. The molecule has 0 spiro atoms. The van der Waals surface area contributed by atoms with Crippen LogP contribution in [0.4, 0.5) is 18.9 Å². The average molecular weight is 492 g/mol. The molecule has 0 saturated carbocycles. The molecule has 1 heterocycles. The third kappa shape index (κ3) is 5.20. The Bertz CT molecular complexity index is 1370. The van der Waals surface area contributed by atoms with Crippen molar-refractivity contribution >= 4 is 27.3 Å². The molecular formula is C23H17ClF3N3O2S. The Hall–Kier alpha value is -3.30. The first-order chi connectivity index (χ1) is 15.6. The lowest BCUT2D eigenvalue weighted by Gasteiger charge is -2.16. The molecule has 0 amide bonds. The number of aromatic nitrogens is 2. The fourth-order valence-corrected chi connectivity index (χ4v) is 4.54. The third-order valence-corrected chi connectivity index (χ3v) is 6.60. The Labute approximate surface area is 193 Å². The van der Waals surface area contributed by atoms with Crippen molar-refractivity contribution in [1.82, 2.24) is 10.2 Å². The maximum atomic E-state index is 13.4. The molecule has 0 atom stereocenters. The molecule has 170 valence electrons. The summed E-state index contributed by atoms with van der Waals surface area (Å²) in [6.07, 6.45) is -2.92. The van der Waals surface area contributed by atoms with Crippen LogP contribution < -0.4 is 4.72 Å². The minimum absolute atomic E-state index is 0.122. The summed E-state index contributed by atoms with van der Waals surface area (Å²) < 4.78 is 68.1. The first-order valence-electron chi connectivity index (χ1n) is 9.70. The van der Waals surface area contributed by atoms with E-state index in [4.69, 9.17) is 11.6 Å². The molecular weight excluding hydrogens is 475 g/mol. The SMILES string of the molecule is O=S(=O)(Nc1cc(C(F)(F)F)ccc1Cc1cn[nH]c1-c1ccccc1)c1ccc(Cl)cc1. The number of nitrogens with zero attached hydrogens (tertiary/aromatic N) is 1. The molecule has 4 aromatic rings. The number of H-pyrrole nitrogens is 1. The molecule has 4 rings (SSSR count). The highest BCUT2D eigenvalue weighted by molar-refractivity contribution is 7.92. The second-order valence-corrected chi connectivity index (χ2v) is 9.36. The van der Waals surface area contributed by atoms with E-state index >= 15 is 0 Å². The number of anilines is 1. The molecule has 5 nitrogen and oxygen atoms in total. The summed E-state index contributed by atoms with van der Waals surface area (Å²) in [4.78, 5) is -0.122. The van der Waals surface area contributed by atoms with Gasteiger partial charge < -0.3 is 0 Å². The van der Waals surface area contributed by atoms with Gasteiger partial charge in [-0.05, 0) is 47.5 Å². The average Bonchev–Trinajstić information content (AvgIpc) is 3.23. The first kappa shape index (κ1) is 22.9. The smallest absolute Gasteiger partial charge is 0.279 e. The van der Waals surface area contributed by atoms with Gasteiger partial charge in [0.15, 0.2) is 0 Å². The van der Waals surface area contributed by atoms with Crippen molar-refractivity contribution in [2.24, 2.45) is 0 Å². The number of nitrogens with one attached hydrogen (secondary N) is 2. The summed E-state index contributed by atoms with van der Waals surface area (Å²) in [5.41, 5.74) is 1.48. The van der Waals surface area contributed by atoms with Crippen LogP contribution in [0.25, 0.3) is 11.3 Å². The number of hydrogen-bond donors (Lipinski definition) is 2. The van der Waals surface area contributed by atoms with E-state index in [-0.39, 0.29) is 17.0 Å². The van der Waals surface area contributed by atoms with Crippen LogP contribution in [-0.4, -0.2) is 18.6 Å². The maximum Gasteiger partial charge on any atom is 0.416 e. The van der Waals surface area contributed by atoms with Gasteiger partial charge in [-0.3, -0.25) is 9.82 Å². The Morgan fingerprint density at radius 1 is 0.939 bits per heavy atom. The van der Waals surface area contributed by atoms with Gasteiger partial charge in [0, 0.05) is 17.0 Å². The van der Waals surface area contributed by atoms with E-state index < -0.39 is 21.8 Å². The zero-order valence-corrected chi connectivity index (χ0v) is 18.5. The van der Waals surface area contributed by atoms with Crippen LogP contribution in [0.2, 0.25) is 5.02 Å². The summed E-state index contributed by atoms with van der Waals surface area (Å²) in [5.74, 6) is 0. The summed E-state index contributed by atoms with van der Waals surface area (Å²) in [6.45, 7) is 0. The van der Waals surface area contributed by atoms with E-state index in [1.54, 1.807) is 6.20 Å². The molecule has 10 heteroatoms. The van der Waals surface area contributed by atoms with Crippen LogP contribution in [0.15, 0.2) is 83.9 Å². The van der Waals surface area contributed by atoms with Crippen molar-refractivity contribution in [2.45, 2.75) is 17.5 Å². The standard InChI is InChI=1S/C23H17ClF3N3O2S/c24-19-8-10-20(11-9-19)33(31,32)30-21-13-18(23(25,26)27)7-6-16(21)12-17-14-28-29-22(17)15-4-2-1-3-5-15/h1-11,13-14,30H,12H2,(H,28,29). The summed E-state index contributed by atoms with van der Waals surface area (Å²) in [6, 6.07) is 17.6. The molecule has 0 fully saturated rings. The second kappa shape index (κ2) is 8.92. The fourth-order valence-electron chi connectivity index (χ4n) is 3.32. The lowest BCUT2D eigenvalue weighted by molar-refractivity contribution is -0.137. The van der Waals surface area contributed by atoms with Crippen LogP contribution in [0.1, 0.15) is 16.7 Å². The summed E-state index contributed by atoms with van der Waals surface area (Å²) in [5, 5.41) is 7.29. The van der Waals surface area contributed by atoms with Crippen molar-refractivity contribution < 1.29 is 21.6 Å². The van der Waals surface area contributed by atoms with Crippen LogP contribution >= 0.6 is 11.6 Å². The van der Waals surface area contributed by atoms with Gasteiger partial charge in [-0.15, -0.1) is 0 Å². The number of halogens is 4. The first-order valence-corrected chi connectivity index (χ1v) is 11.6. The normalized spacial score (nSPS) is 12.0. The van der Waals surface area contributed by atoms with E-state index in [2.05, 4.69) is 14.9 Å². The van der Waals surface area contributed by atoms with Crippen molar-refractivity contribution in [1.29, 1.82) is 0 Å². The molecule has 0 aliphatic rings. The number of sulfonamides is 1. The maximum absolute atomic E-state index is 13.4. The Kier molecular flexibility index (Phi) is 6.18. The van der Waals surface area contributed by atoms with Crippen molar-refractivity contribution in [3.63, 3.8) is 0 Å². The zero-order valence-electron chi connectivity index (χ0n) is 16.9. The molecule has 0 aliphatic carbocycles. The van der Waals surface area contributed by atoms with E-state index in [0.29, 0.717) is 21.8 Å². The topological polar surface area (TPSA) is 74.8 Å². The predicted octanol–water partition coefficient (Wildman–Crippen LogP) is 6.14. The highest BCUT2D eigenvalue weighted by Crippen LogP contribution is 2.34. The van der Waals surface area contributed by atoms with Gasteiger partial charge in [-0.2, -0.15) is 18.3 Å². The molecule has 0 saturated heterocycles. The molecule has 0 radical (unpaired) electrons. The van der Waals surface area contributed by atoms with Crippen LogP contribution in [0.3, 0.4) is 0 Å². The Morgan fingerprint density at radius 2 is 1.64 bits per heavy atom. The van der Waals surface area contributed by atoms with Gasteiger partial charge in [0.05, 0.1) is 28.0 Å². The van der Waals surface area contributed by atoms with Gasteiger partial charge >= 0.3 is 6.18 Å². The van der Waals surface area contributed by atoms with E-state index in [9.17, 15) is 21.6 Å². The molecule has 0 unspecified atom stereocenters. The largest absolute Gasteiger partial charge is 0.416 e. The lowest BCUT2D eigenvalue weighted by atomic mass is 9.99. The quantitative estimate of drug-likeness (QED) is 0.340. The van der Waals surface area contributed by atoms with E-state index in [1.165, 1.54) is 30.3 Å². The van der Waals surface area contributed by atoms with Gasteiger partial charge in [0.2, 0.25) is 0 Å². The van der Waals surface area contributed by atoms with Crippen LogP contribution in [-0.2, 0) is 22.6 Å². The van der Waals surface area contributed by atoms with E-state index in [0.717, 1.165) is 17.7 Å². The molecule has 0 aliphatic heterocycles. The summed E-state index contributed by atoms with van der Waals surface area (Å²) in [7, 11) is -4.16. The predicted molar refractivity (Wildman–Crippen MR) is 121 cm³/mol. The molecule has 2 N–H and O–H groups in total. The third-order valence-electron chi connectivity index (χ3n) is 4.97. The van der Waals surface area contributed by atoms with Gasteiger partial charge in [0.25, 0.3) is 10.0 Å². The van der Waals surface area contributed by atoms with Crippen molar-refractivity contribution in [2.75, 3.05) is 4.72 Å². The number of aromatic amines is 1. The van der Waals surface area contributed by atoms with Gasteiger partial charge in [-0.1, -0.05) is 48.0 Å². The van der Waals surface area contributed by atoms with Crippen molar-refractivity contribution in [3.05, 3.63) is 101 Å². The number of alkyl halides is 3. The Morgan fingerprint density at radius 3 is 2.30 bits per heavy atom. The molecule has 3 aromatic carbocycles. The zero-order chi connectivity index (χ0) is 23.6. The fraction of sp³-hybridized carbons (Fsp3) is 0.0870. The highest BCUT2D eigenvalue weighted by atomic mass is 35.5. The number of hydrogen-bond acceptors (Lipinski definition) is 3.